The van der Waals surface area contributed by atoms with Gasteiger partial charge in [-0.15, -0.1) is 0 Å². The van der Waals surface area contributed by atoms with Crippen molar-refractivity contribution in [1.82, 2.24) is 14.9 Å². The van der Waals surface area contributed by atoms with Crippen LogP contribution in [0.1, 0.15) is 49.8 Å². The van der Waals surface area contributed by atoms with E-state index >= 15 is 0 Å². The van der Waals surface area contributed by atoms with Crippen LogP contribution in [0.5, 0.6) is 0 Å². The van der Waals surface area contributed by atoms with Crippen molar-refractivity contribution in [3.8, 4) is 0 Å². The number of aromatic nitrogens is 2. The molecule has 2 heterocycles. The average molecular weight is 231 g/mol. The molecule has 3 nitrogen and oxygen atoms in total. The van der Waals surface area contributed by atoms with Crippen LogP contribution in [0.3, 0.4) is 0 Å². The van der Waals surface area contributed by atoms with Crippen LogP contribution in [-0.2, 0) is 0 Å². The van der Waals surface area contributed by atoms with Crippen molar-refractivity contribution >= 4 is 0 Å². The lowest BCUT2D eigenvalue weighted by Gasteiger charge is -2.28. The van der Waals surface area contributed by atoms with Crippen LogP contribution in [0.4, 0.5) is 0 Å². The Kier molecular flexibility index (Phi) is 3.27. The summed E-state index contributed by atoms with van der Waals surface area (Å²) in [6, 6.07) is 0.638. The second-order valence-electron chi connectivity index (χ2n) is 5.21. The minimum atomic E-state index is 0.638. The van der Waals surface area contributed by atoms with Crippen LogP contribution in [0.15, 0.2) is 24.7 Å². The van der Waals surface area contributed by atoms with Crippen molar-refractivity contribution in [2.24, 2.45) is 0 Å². The Morgan fingerprint density at radius 2 is 2.29 bits per heavy atom. The molecule has 1 aromatic heterocycles. The molecule has 0 spiro atoms. The first kappa shape index (κ1) is 11.0. The summed E-state index contributed by atoms with van der Waals surface area (Å²) in [5.74, 6) is 0.664. The number of imidazole rings is 1. The Bertz CT molecular complexity index is 388. The number of hydrogen-bond acceptors (Lipinski definition) is 2. The summed E-state index contributed by atoms with van der Waals surface area (Å²) < 4.78 is 2.43. The van der Waals surface area contributed by atoms with E-state index in [2.05, 4.69) is 33.2 Å². The third-order valence-corrected chi connectivity index (χ3v) is 4.05. The molecule has 2 atom stereocenters. The molecule has 1 aliphatic carbocycles. The van der Waals surface area contributed by atoms with E-state index in [1.54, 1.807) is 0 Å². The monoisotopic (exact) mass is 231 g/mol. The Morgan fingerprint density at radius 1 is 1.29 bits per heavy atom. The first-order chi connectivity index (χ1) is 8.45. The van der Waals surface area contributed by atoms with Gasteiger partial charge < -0.3 is 9.88 Å². The molecule has 3 rings (SSSR count). The zero-order valence-corrected chi connectivity index (χ0v) is 10.3. The fraction of sp³-hybridized carbons (Fsp3) is 0.643. The molecule has 2 aliphatic rings. The zero-order chi connectivity index (χ0) is 11.5. The van der Waals surface area contributed by atoms with Crippen LogP contribution in [-0.4, -0.2) is 22.6 Å². The quantitative estimate of drug-likeness (QED) is 0.793. The molecule has 3 heteroatoms. The van der Waals surface area contributed by atoms with Crippen molar-refractivity contribution in [3.05, 3.63) is 30.4 Å². The van der Waals surface area contributed by atoms with Crippen molar-refractivity contribution < 1.29 is 0 Å². The predicted octanol–water partition coefficient (Wildman–Crippen LogP) is 2.63. The van der Waals surface area contributed by atoms with Crippen LogP contribution in [0.2, 0.25) is 0 Å². The Labute approximate surface area is 103 Å². The van der Waals surface area contributed by atoms with Gasteiger partial charge in [-0.1, -0.05) is 12.2 Å². The average Bonchev–Trinajstić information content (AvgIpc) is 2.90. The number of piperidine rings is 1. The van der Waals surface area contributed by atoms with Gasteiger partial charge in [0.05, 0.1) is 6.33 Å². The van der Waals surface area contributed by atoms with Gasteiger partial charge in [-0.05, 0) is 38.6 Å². The first-order valence-electron chi connectivity index (χ1n) is 6.82. The van der Waals surface area contributed by atoms with E-state index in [1.807, 2.05) is 6.33 Å². The zero-order valence-electron chi connectivity index (χ0n) is 10.3. The van der Waals surface area contributed by atoms with Crippen molar-refractivity contribution in [2.75, 3.05) is 13.1 Å². The van der Waals surface area contributed by atoms with Gasteiger partial charge in [-0.2, -0.15) is 0 Å². The lowest BCUT2D eigenvalue weighted by Crippen LogP contribution is -2.30. The van der Waals surface area contributed by atoms with E-state index in [1.165, 1.54) is 44.3 Å². The third kappa shape index (κ3) is 2.29. The number of hydrogen-bond donors (Lipinski definition) is 1. The number of rotatable bonds is 2. The minimum absolute atomic E-state index is 0.638. The van der Waals surface area contributed by atoms with Gasteiger partial charge >= 0.3 is 0 Å². The lowest BCUT2D eigenvalue weighted by molar-refractivity contribution is 0.400. The summed E-state index contributed by atoms with van der Waals surface area (Å²) >= 11 is 0. The summed E-state index contributed by atoms with van der Waals surface area (Å²) in [4.78, 5) is 4.38. The van der Waals surface area contributed by atoms with Crippen LogP contribution in [0, 0.1) is 0 Å². The molecule has 2 unspecified atom stereocenters. The van der Waals surface area contributed by atoms with Gasteiger partial charge in [-0.25, -0.2) is 4.98 Å². The molecule has 92 valence electrons. The molecule has 1 N–H and O–H groups in total. The molecule has 0 aromatic carbocycles. The maximum Gasteiger partial charge on any atom is 0.0950 e. The molecule has 1 aliphatic heterocycles. The molecule has 0 saturated carbocycles. The molecule has 1 saturated heterocycles. The summed E-state index contributed by atoms with van der Waals surface area (Å²) in [5, 5.41) is 3.50. The Morgan fingerprint density at radius 3 is 3.06 bits per heavy atom. The molecular weight excluding hydrogens is 210 g/mol. The van der Waals surface area contributed by atoms with Gasteiger partial charge in [0.2, 0.25) is 0 Å². The van der Waals surface area contributed by atoms with Crippen molar-refractivity contribution in [1.29, 1.82) is 0 Å². The second kappa shape index (κ2) is 5.05. The maximum absolute atomic E-state index is 4.38. The number of nitrogens with zero attached hydrogens (tertiary/aromatic N) is 2. The molecular formula is C14H21N3. The summed E-state index contributed by atoms with van der Waals surface area (Å²) in [6.45, 7) is 2.30. The van der Waals surface area contributed by atoms with Gasteiger partial charge in [-0.3, -0.25) is 0 Å². The maximum atomic E-state index is 4.38. The minimum Gasteiger partial charge on any atom is -0.331 e. The highest BCUT2D eigenvalue weighted by Crippen LogP contribution is 2.30. The van der Waals surface area contributed by atoms with E-state index in [0.29, 0.717) is 12.0 Å². The summed E-state index contributed by atoms with van der Waals surface area (Å²) in [7, 11) is 0. The van der Waals surface area contributed by atoms with E-state index in [-0.39, 0.29) is 0 Å². The van der Waals surface area contributed by atoms with E-state index in [4.69, 9.17) is 0 Å². The SMILES string of the molecule is C1=CCC(n2cncc2C2CCCNC2)CC1. The summed E-state index contributed by atoms with van der Waals surface area (Å²) in [5.41, 5.74) is 1.44. The molecule has 0 bridgehead atoms. The van der Waals surface area contributed by atoms with E-state index in [0.717, 1.165) is 6.54 Å². The molecule has 0 radical (unpaired) electrons. The molecule has 17 heavy (non-hydrogen) atoms. The van der Waals surface area contributed by atoms with E-state index in [9.17, 15) is 0 Å². The molecule has 1 aromatic rings. The summed E-state index contributed by atoms with van der Waals surface area (Å²) in [6.07, 6.45) is 15.0. The predicted molar refractivity (Wildman–Crippen MR) is 69.1 cm³/mol. The highest BCUT2D eigenvalue weighted by atomic mass is 15.1. The largest absolute Gasteiger partial charge is 0.331 e. The smallest absolute Gasteiger partial charge is 0.0950 e. The Balaban J connectivity index is 1.80. The normalized spacial score (nSPS) is 29.4. The fourth-order valence-corrected chi connectivity index (χ4v) is 3.07. The highest BCUT2D eigenvalue weighted by molar-refractivity contribution is 5.11. The topological polar surface area (TPSA) is 29.9 Å². The van der Waals surface area contributed by atoms with Crippen LogP contribution < -0.4 is 5.32 Å². The third-order valence-electron chi connectivity index (χ3n) is 4.05. The number of nitrogens with one attached hydrogen (secondary N) is 1. The molecule has 0 amide bonds. The standard InChI is InChI=1S/C14H21N3/c1-2-6-13(7-3-1)17-11-16-10-14(17)12-5-4-8-15-9-12/h1-2,10-13,15H,3-9H2. The number of allylic oxidation sites excluding steroid dienone is 2. The lowest BCUT2D eigenvalue weighted by atomic mass is 9.95. The fourth-order valence-electron chi connectivity index (χ4n) is 3.07. The van der Waals surface area contributed by atoms with Gasteiger partial charge in [0.15, 0.2) is 0 Å². The second-order valence-corrected chi connectivity index (χ2v) is 5.21. The van der Waals surface area contributed by atoms with Gasteiger partial charge in [0.25, 0.3) is 0 Å². The van der Waals surface area contributed by atoms with Gasteiger partial charge in [0, 0.05) is 30.4 Å². The first-order valence-corrected chi connectivity index (χ1v) is 6.82. The van der Waals surface area contributed by atoms with Crippen LogP contribution in [0.25, 0.3) is 0 Å². The van der Waals surface area contributed by atoms with Crippen molar-refractivity contribution in [2.45, 2.75) is 44.1 Å². The highest BCUT2D eigenvalue weighted by Gasteiger charge is 2.22. The van der Waals surface area contributed by atoms with E-state index < -0.39 is 0 Å². The van der Waals surface area contributed by atoms with Crippen LogP contribution >= 0.6 is 0 Å². The Hall–Kier alpha value is -1.09. The molecule has 1 fully saturated rings. The van der Waals surface area contributed by atoms with Crippen molar-refractivity contribution in [3.63, 3.8) is 0 Å². The van der Waals surface area contributed by atoms with Gasteiger partial charge in [0.1, 0.15) is 0 Å².